The van der Waals surface area contributed by atoms with E-state index in [1.165, 1.54) is 31.4 Å². The predicted octanol–water partition coefficient (Wildman–Crippen LogP) is 7.35. The van der Waals surface area contributed by atoms with Gasteiger partial charge in [0, 0.05) is 16.7 Å². The molecule has 0 heterocycles. The zero-order valence-corrected chi connectivity index (χ0v) is 19.4. The lowest BCUT2D eigenvalue weighted by Gasteiger charge is -2.48. The van der Waals surface area contributed by atoms with Crippen LogP contribution >= 0.6 is 22.7 Å². The van der Waals surface area contributed by atoms with Crippen LogP contribution in [-0.2, 0) is 0 Å². The molecule has 3 saturated carbocycles. The van der Waals surface area contributed by atoms with Crippen molar-refractivity contribution in [2.24, 2.45) is 27.7 Å². The highest BCUT2D eigenvalue weighted by molar-refractivity contribution is 8.29. The lowest BCUT2D eigenvalue weighted by molar-refractivity contribution is -0.000435. The van der Waals surface area contributed by atoms with Gasteiger partial charge >= 0.3 is 0 Å². The molecule has 1 N–H and O–H groups in total. The second-order valence-corrected chi connectivity index (χ2v) is 12.3. The fourth-order valence-electron chi connectivity index (χ4n) is 5.82. The molecule has 30 heavy (non-hydrogen) atoms. The van der Waals surface area contributed by atoms with Gasteiger partial charge in [0.2, 0.25) is 5.12 Å². The second-order valence-electron chi connectivity index (χ2n) is 9.84. The van der Waals surface area contributed by atoms with Crippen LogP contribution in [0.3, 0.4) is 0 Å². The van der Waals surface area contributed by atoms with E-state index < -0.39 is 22.0 Å². The van der Waals surface area contributed by atoms with Gasteiger partial charge in [-0.05, 0) is 75.2 Å². The average molecular weight is 455 g/mol. The average Bonchev–Trinajstić information content (AvgIpc) is 3.53. The fraction of sp³-hybridized carbons (Fsp3) is 0.696. The molecule has 7 heteroatoms. The number of thiol groups is 1. The third-order valence-electron chi connectivity index (χ3n) is 7.33. The van der Waals surface area contributed by atoms with Gasteiger partial charge in [-0.2, -0.15) is 5.53 Å². The van der Waals surface area contributed by atoms with Gasteiger partial charge in [0.15, 0.2) is 0 Å². The van der Waals surface area contributed by atoms with Crippen molar-refractivity contribution in [2.75, 3.05) is 6.61 Å². The monoisotopic (exact) mass is 454 g/mol. The standard InChI is InChI=1S/C23H32ClFN2O2S/c1-3-23(11-15-6-14(2)7-16(8-15)12-23)13-29-21-10-20(25)18(9-19(21)24)22(28)30(27-26)17-4-5-17/h9-10,14-17,26,30H,3-8,11-13H2,1-2H3. The van der Waals surface area contributed by atoms with Crippen LogP contribution in [0.1, 0.15) is 75.6 Å². The molecule has 0 spiro atoms. The minimum absolute atomic E-state index is 0.0623. The maximum absolute atomic E-state index is 14.8. The van der Waals surface area contributed by atoms with Gasteiger partial charge in [-0.1, -0.05) is 36.5 Å². The largest absolute Gasteiger partial charge is 0.491 e. The number of hydrogen-bond acceptors (Lipinski definition) is 4. The fourth-order valence-corrected chi connectivity index (χ4v) is 7.68. The van der Waals surface area contributed by atoms with Crippen LogP contribution in [0, 0.1) is 34.5 Å². The summed E-state index contributed by atoms with van der Waals surface area (Å²) >= 11 is 4.89. The van der Waals surface area contributed by atoms with E-state index >= 15 is 0 Å². The molecule has 2 bridgehead atoms. The SMILES string of the molecule is CCC1(COc2cc(F)c(C(=O)[SH](N=N)C3CC3)cc2Cl)CC2CC(C)CC(C2)C1. The van der Waals surface area contributed by atoms with Gasteiger partial charge in [-0.25, -0.2) is 4.39 Å². The number of rotatable bonds is 7. The molecule has 4 nitrogen and oxygen atoms in total. The Bertz CT molecular complexity index is 814. The summed E-state index contributed by atoms with van der Waals surface area (Å²) in [4.78, 5) is 12.7. The first kappa shape index (κ1) is 22.1. The molecule has 0 radical (unpaired) electrons. The third-order valence-corrected chi connectivity index (χ3v) is 9.70. The Morgan fingerprint density at radius 1 is 1.30 bits per heavy atom. The Balaban J connectivity index is 1.47. The Labute approximate surface area is 186 Å². The van der Waals surface area contributed by atoms with Crippen molar-refractivity contribution in [3.63, 3.8) is 0 Å². The normalized spacial score (nSPS) is 32.4. The summed E-state index contributed by atoms with van der Waals surface area (Å²) in [6, 6.07) is 2.61. The van der Waals surface area contributed by atoms with Gasteiger partial charge < -0.3 is 4.74 Å². The van der Waals surface area contributed by atoms with E-state index in [0.717, 1.165) is 49.9 Å². The Hall–Kier alpha value is -1.14. The zero-order chi connectivity index (χ0) is 21.5. The highest BCUT2D eigenvalue weighted by Crippen LogP contribution is 2.52. The van der Waals surface area contributed by atoms with Crippen LogP contribution in [0.25, 0.3) is 0 Å². The summed E-state index contributed by atoms with van der Waals surface area (Å²) in [6.45, 7) is 5.12. The van der Waals surface area contributed by atoms with Gasteiger partial charge in [-0.15, -0.1) is 4.52 Å². The van der Waals surface area contributed by atoms with Crippen LogP contribution in [0.5, 0.6) is 5.75 Å². The molecule has 3 aliphatic carbocycles. The highest BCUT2D eigenvalue weighted by Gasteiger charge is 2.43. The number of ether oxygens (including phenoxy) is 1. The van der Waals surface area contributed by atoms with Crippen LogP contribution in [0.4, 0.5) is 4.39 Å². The van der Waals surface area contributed by atoms with Crippen LogP contribution in [-0.4, -0.2) is 17.0 Å². The van der Waals surface area contributed by atoms with E-state index in [1.54, 1.807) is 0 Å². The summed E-state index contributed by atoms with van der Waals surface area (Å²) in [5.74, 6) is 2.02. The molecular weight excluding hydrogens is 423 g/mol. The first-order chi connectivity index (χ1) is 14.3. The number of nitrogens with one attached hydrogen (secondary N) is 1. The molecule has 0 aromatic heterocycles. The number of nitrogens with zero attached hydrogens (tertiary/aromatic N) is 1. The summed E-state index contributed by atoms with van der Waals surface area (Å²) in [7, 11) is 0. The summed E-state index contributed by atoms with van der Waals surface area (Å²) in [6.07, 6.45) is 9.08. The van der Waals surface area contributed by atoms with E-state index in [-0.39, 0.29) is 21.3 Å². The molecule has 4 rings (SSSR count). The lowest BCUT2D eigenvalue weighted by Crippen LogP contribution is -2.41. The van der Waals surface area contributed by atoms with Gasteiger partial charge in [0.1, 0.15) is 11.6 Å². The molecule has 1 aromatic carbocycles. The molecule has 3 unspecified atom stereocenters. The van der Waals surface area contributed by atoms with Crippen molar-refractivity contribution in [1.29, 1.82) is 5.53 Å². The number of hydrogen-bond donors (Lipinski definition) is 2. The topological polar surface area (TPSA) is 62.5 Å². The Morgan fingerprint density at radius 3 is 2.53 bits per heavy atom. The number of benzene rings is 1. The van der Waals surface area contributed by atoms with E-state index in [9.17, 15) is 9.18 Å². The Morgan fingerprint density at radius 2 is 1.97 bits per heavy atom. The maximum atomic E-state index is 14.8. The molecular formula is C23H32ClFN2O2S. The van der Waals surface area contributed by atoms with E-state index in [4.69, 9.17) is 21.9 Å². The predicted molar refractivity (Wildman–Crippen MR) is 120 cm³/mol. The van der Waals surface area contributed by atoms with Crippen LogP contribution in [0.2, 0.25) is 5.02 Å². The van der Waals surface area contributed by atoms with Crippen molar-refractivity contribution >= 4 is 27.8 Å². The van der Waals surface area contributed by atoms with Gasteiger partial charge in [0.05, 0.1) is 17.2 Å². The van der Waals surface area contributed by atoms with Crippen molar-refractivity contribution in [3.8, 4) is 5.75 Å². The lowest BCUT2D eigenvalue weighted by atomic mass is 9.58. The van der Waals surface area contributed by atoms with E-state index in [2.05, 4.69) is 18.4 Å². The summed E-state index contributed by atoms with van der Waals surface area (Å²) < 4.78 is 24.4. The minimum Gasteiger partial charge on any atom is -0.491 e. The molecule has 0 saturated heterocycles. The van der Waals surface area contributed by atoms with Crippen LogP contribution in [0.15, 0.2) is 16.7 Å². The number of carbonyl (C=O) groups excluding carboxylic acids is 1. The van der Waals surface area contributed by atoms with Crippen molar-refractivity contribution < 1.29 is 13.9 Å². The third kappa shape index (κ3) is 4.55. The van der Waals surface area contributed by atoms with Gasteiger partial charge in [-0.3, -0.25) is 4.79 Å². The molecule has 3 aliphatic rings. The van der Waals surface area contributed by atoms with Crippen molar-refractivity contribution in [1.82, 2.24) is 0 Å². The number of carbonyl (C=O) groups is 1. The van der Waals surface area contributed by atoms with Crippen LogP contribution < -0.4 is 4.74 Å². The second kappa shape index (κ2) is 8.78. The molecule has 0 aliphatic heterocycles. The molecule has 166 valence electrons. The first-order valence-electron chi connectivity index (χ1n) is 11.2. The Kier molecular flexibility index (Phi) is 6.45. The summed E-state index contributed by atoms with van der Waals surface area (Å²) in [5, 5.41) is -0.0175. The molecule has 3 fully saturated rings. The first-order valence-corrected chi connectivity index (χ1v) is 12.9. The van der Waals surface area contributed by atoms with E-state index in [0.29, 0.717) is 12.4 Å². The quantitative estimate of drug-likeness (QED) is 0.334. The van der Waals surface area contributed by atoms with Crippen molar-refractivity contribution in [3.05, 3.63) is 28.5 Å². The molecule has 0 amide bonds. The van der Waals surface area contributed by atoms with Gasteiger partial charge in [0.25, 0.3) is 0 Å². The molecule has 1 aromatic rings. The smallest absolute Gasteiger partial charge is 0.222 e. The van der Waals surface area contributed by atoms with Crippen molar-refractivity contribution in [2.45, 2.75) is 70.5 Å². The minimum atomic E-state index is -1.51. The summed E-state index contributed by atoms with van der Waals surface area (Å²) in [5.41, 5.74) is 7.37. The molecule has 3 atom stereocenters. The highest BCUT2D eigenvalue weighted by atomic mass is 35.5. The number of halogens is 2. The maximum Gasteiger partial charge on any atom is 0.222 e. The zero-order valence-electron chi connectivity index (χ0n) is 17.8. The van der Waals surface area contributed by atoms with E-state index in [1.807, 2.05) is 0 Å². The number of fused-ring (bicyclic) bond motifs is 2.